The van der Waals surface area contributed by atoms with Gasteiger partial charge in [-0.2, -0.15) is 0 Å². The zero-order valence-electron chi connectivity index (χ0n) is 13.8. The normalized spacial score (nSPS) is 19.2. The van der Waals surface area contributed by atoms with E-state index in [-0.39, 0.29) is 19.8 Å². The van der Waals surface area contributed by atoms with Crippen LogP contribution in [-0.4, -0.2) is 61.4 Å². The first-order valence-electron chi connectivity index (χ1n) is 7.83. The summed E-state index contributed by atoms with van der Waals surface area (Å²) in [4.78, 5) is 47.4. The second-order valence-corrected chi connectivity index (χ2v) is 5.25. The maximum Gasteiger partial charge on any atom is 0.327 e. The second-order valence-electron chi connectivity index (χ2n) is 5.25. The molecule has 1 heterocycles. The van der Waals surface area contributed by atoms with Gasteiger partial charge in [0.25, 0.3) is 0 Å². The third kappa shape index (κ3) is 5.80. The van der Waals surface area contributed by atoms with Gasteiger partial charge in [0.1, 0.15) is 6.04 Å². The lowest BCUT2D eigenvalue weighted by Crippen LogP contribution is -2.51. The second kappa shape index (κ2) is 9.86. The molecular weight excluding hydrogens is 322 g/mol. The van der Waals surface area contributed by atoms with Gasteiger partial charge in [-0.05, 0) is 20.3 Å². The van der Waals surface area contributed by atoms with Crippen molar-refractivity contribution in [2.45, 2.75) is 32.7 Å². The fourth-order valence-corrected chi connectivity index (χ4v) is 2.33. The van der Waals surface area contributed by atoms with Crippen LogP contribution in [0.25, 0.3) is 0 Å². The topological polar surface area (TPSA) is 128 Å². The van der Waals surface area contributed by atoms with Crippen LogP contribution in [0.3, 0.4) is 0 Å². The van der Waals surface area contributed by atoms with E-state index in [4.69, 9.17) is 14.2 Å². The third-order valence-electron chi connectivity index (χ3n) is 3.55. The van der Waals surface area contributed by atoms with Gasteiger partial charge < -0.3 is 24.6 Å². The molecule has 136 valence electrons. The molecule has 0 aromatic carbocycles. The Kier molecular flexibility index (Phi) is 8.17. The Labute approximate surface area is 139 Å². The molecule has 1 amide bonds. The van der Waals surface area contributed by atoms with Gasteiger partial charge in [-0.1, -0.05) is 0 Å². The molecule has 9 nitrogen and oxygen atoms in total. The first-order chi connectivity index (χ1) is 11.4. The zero-order valence-corrected chi connectivity index (χ0v) is 13.8. The number of carboxylic acids is 1. The van der Waals surface area contributed by atoms with Crippen molar-refractivity contribution in [3.05, 3.63) is 0 Å². The number of ether oxygens (including phenoxy) is 3. The van der Waals surface area contributed by atoms with Crippen LogP contribution in [0.4, 0.5) is 0 Å². The molecule has 3 atom stereocenters. The predicted octanol–water partition coefficient (Wildman–Crippen LogP) is -0.275. The van der Waals surface area contributed by atoms with Gasteiger partial charge in [-0.3, -0.25) is 14.4 Å². The van der Waals surface area contributed by atoms with Crippen LogP contribution in [0.1, 0.15) is 26.7 Å². The van der Waals surface area contributed by atoms with Crippen molar-refractivity contribution in [3.63, 3.8) is 0 Å². The predicted molar refractivity (Wildman–Crippen MR) is 79.9 cm³/mol. The van der Waals surface area contributed by atoms with Crippen LogP contribution in [0.2, 0.25) is 0 Å². The third-order valence-corrected chi connectivity index (χ3v) is 3.55. The van der Waals surface area contributed by atoms with Crippen molar-refractivity contribution in [2.24, 2.45) is 11.8 Å². The highest BCUT2D eigenvalue weighted by Gasteiger charge is 2.39. The van der Waals surface area contributed by atoms with Gasteiger partial charge in [0.05, 0.1) is 38.1 Å². The van der Waals surface area contributed by atoms with E-state index >= 15 is 0 Å². The molecule has 2 N–H and O–H groups in total. The Hall–Kier alpha value is -2.16. The lowest BCUT2D eigenvalue weighted by atomic mass is 9.95. The number of amides is 1. The quantitative estimate of drug-likeness (QED) is 0.546. The molecule has 0 aromatic rings. The van der Waals surface area contributed by atoms with Crippen LogP contribution in [-0.2, 0) is 33.4 Å². The van der Waals surface area contributed by atoms with Gasteiger partial charge in [-0.25, -0.2) is 4.79 Å². The monoisotopic (exact) mass is 345 g/mol. The molecule has 0 spiro atoms. The lowest BCUT2D eigenvalue weighted by molar-refractivity contribution is -0.160. The summed E-state index contributed by atoms with van der Waals surface area (Å²) in [6, 6.07) is -1.58. The Morgan fingerprint density at radius 3 is 2.38 bits per heavy atom. The van der Waals surface area contributed by atoms with E-state index in [1.165, 1.54) is 0 Å². The summed E-state index contributed by atoms with van der Waals surface area (Å²) in [5.41, 5.74) is 0. The number of aliphatic carboxylic acids is 1. The molecule has 0 unspecified atom stereocenters. The summed E-state index contributed by atoms with van der Waals surface area (Å²) in [5, 5.41) is 11.7. The summed E-state index contributed by atoms with van der Waals surface area (Å²) >= 11 is 0. The molecular formula is C15H23NO8. The number of esters is 2. The van der Waals surface area contributed by atoms with Crippen molar-refractivity contribution in [1.29, 1.82) is 0 Å². The van der Waals surface area contributed by atoms with Crippen LogP contribution >= 0.6 is 0 Å². The van der Waals surface area contributed by atoms with Crippen molar-refractivity contribution >= 4 is 23.8 Å². The van der Waals surface area contributed by atoms with Crippen molar-refractivity contribution in [3.8, 4) is 0 Å². The Morgan fingerprint density at radius 1 is 1.21 bits per heavy atom. The van der Waals surface area contributed by atoms with E-state index < -0.39 is 48.1 Å². The smallest absolute Gasteiger partial charge is 0.327 e. The molecule has 0 radical (unpaired) electrons. The minimum absolute atomic E-state index is 0.0227. The number of rotatable bonds is 9. The summed E-state index contributed by atoms with van der Waals surface area (Å²) in [6.45, 7) is 3.88. The molecule has 0 aliphatic carbocycles. The van der Waals surface area contributed by atoms with E-state index in [9.17, 15) is 24.3 Å². The molecule has 1 rings (SSSR count). The summed E-state index contributed by atoms with van der Waals surface area (Å²) in [7, 11) is 0. The van der Waals surface area contributed by atoms with E-state index in [0.29, 0.717) is 13.0 Å². The van der Waals surface area contributed by atoms with Crippen LogP contribution in [0, 0.1) is 11.8 Å². The van der Waals surface area contributed by atoms with Gasteiger partial charge in [0.2, 0.25) is 5.91 Å². The van der Waals surface area contributed by atoms with E-state index in [1.807, 2.05) is 0 Å². The SMILES string of the molecule is CCOC(=O)C[C@@H](C(=O)OCC)[C@@H](NC(=O)[C@@H]1CCOC1)C(=O)O. The number of nitrogens with one attached hydrogen (secondary N) is 1. The first-order valence-corrected chi connectivity index (χ1v) is 7.83. The van der Waals surface area contributed by atoms with E-state index in [2.05, 4.69) is 5.32 Å². The van der Waals surface area contributed by atoms with Gasteiger partial charge >= 0.3 is 17.9 Å². The van der Waals surface area contributed by atoms with Crippen LogP contribution in [0.15, 0.2) is 0 Å². The summed E-state index contributed by atoms with van der Waals surface area (Å²) in [6.07, 6.45) is -0.0226. The van der Waals surface area contributed by atoms with E-state index in [0.717, 1.165) is 0 Å². The van der Waals surface area contributed by atoms with E-state index in [1.54, 1.807) is 13.8 Å². The minimum atomic E-state index is -1.58. The first kappa shape index (κ1) is 19.9. The highest BCUT2D eigenvalue weighted by molar-refractivity contribution is 5.91. The standard InChI is InChI=1S/C15H23NO8/c1-3-23-11(17)7-10(15(21)24-4-2)12(14(19)20)16-13(18)9-5-6-22-8-9/h9-10,12H,3-8H2,1-2H3,(H,16,18)(H,19,20)/t9-,10-,12-/m1/s1. The van der Waals surface area contributed by atoms with Gasteiger partial charge in [-0.15, -0.1) is 0 Å². The van der Waals surface area contributed by atoms with Crippen LogP contribution < -0.4 is 5.32 Å². The Morgan fingerprint density at radius 2 is 1.88 bits per heavy atom. The maximum atomic E-state index is 12.1. The Bertz CT molecular complexity index is 472. The fraction of sp³-hybridized carbons (Fsp3) is 0.733. The van der Waals surface area contributed by atoms with Crippen molar-refractivity contribution < 1.29 is 38.5 Å². The molecule has 9 heteroatoms. The van der Waals surface area contributed by atoms with Gasteiger partial charge in [0, 0.05) is 6.61 Å². The molecule has 0 saturated carbocycles. The average Bonchev–Trinajstić information content (AvgIpc) is 3.05. The zero-order chi connectivity index (χ0) is 18.1. The van der Waals surface area contributed by atoms with Crippen LogP contribution in [0.5, 0.6) is 0 Å². The van der Waals surface area contributed by atoms with Gasteiger partial charge in [0.15, 0.2) is 0 Å². The molecule has 24 heavy (non-hydrogen) atoms. The molecule has 1 aliphatic rings. The number of carbonyl (C=O) groups excluding carboxylic acids is 3. The largest absolute Gasteiger partial charge is 0.480 e. The number of hydrogen-bond acceptors (Lipinski definition) is 7. The maximum absolute atomic E-state index is 12.1. The summed E-state index contributed by atoms with van der Waals surface area (Å²) < 4.78 is 14.7. The molecule has 0 bridgehead atoms. The molecule has 1 aliphatic heterocycles. The molecule has 1 saturated heterocycles. The Balaban J connectivity index is 2.89. The lowest BCUT2D eigenvalue weighted by Gasteiger charge is -2.23. The fourth-order valence-electron chi connectivity index (χ4n) is 2.33. The minimum Gasteiger partial charge on any atom is -0.480 e. The molecule has 1 fully saturated rings. The summed E-state index contributed by atoms with van der Waals surface area (Å²) in [5.74, 6) is -5.41. The highest BCUT2D eigenvalue weighted by Crippen LogP contribution is 2.17. The van der Waals surface area contributed by atoms with Crippen molar-refractivity contribution in [1.82, 2.24) is 5.32 Å². The van der Waals surface area contributed by atoms with Crippen molar-refractivity contribution in [2.75, 3.05) is 26.4 Å². The number of carboxylic acid groups (broad SMARTS) is 1. The average molecular weight is 345 g/mol. The number of carbonyl (C=O) groups is 4. The number of hydrogen-bond donors (Lipinski definition) is 2. The molecule has 0 aromatic heterocycles. The highest BCUT2D eigenvalue weighted by atomic mass is 16.5.